The predicted molar refractivity (Wildman–Crippen MR) is 265 cm³/mol. The zero-order valence-electron chi connectivity index (χ0n) is 42.6. The minimum Gasteiger partial charge on any atom is -0.455 e. The van der Waals surface area contributed by atoms with Crippen LogP contribution < -0.4 is 4.90 Å². The zero-order chi connectivity index (χ0) is 49.0. The lowest BCUT2D eigenvalue weighted by atomic mass is 9.79. The summed E-state index contributed by atoms with van der Waals surface area (Å²) >= 11 is 0. The molecule has 63 heavy (non-hydrogen) atoms. The van der Waals surface area contributed by atoms with Crippen molar-refractivity contribution in [2.75, 3.05) is 4.90 Å². The van der Waals surface area contributed by atoms with Crippen LogP contribution in [0, 0.1) is 0 Å². The van der Waals surface area contributed by atoms with Crippen molar-refractivity contribution in [2.45, 2.75) is 19.3 Å². The molecule has 0 unspecified atom stereocenters. The molecule has 0 spiro atoms. The summed E-state index contributed by atoms with van der Waals surface area (Å²) in [5.41, 5.74) is 9.89. The lowest BCUT2D eigenvalue weighted by molar-refractivity contribution is 0.662. The van der Waals surface area contributed by atoms with E-state index in [0.717, 1.165) is 77.2 Å². The molecule has 1 heterocycles. The lowest BCUT2D eigenvalue weighted by Crippen LogP contribution is -2.16. The van der Waals surface area contributed by atoms with E-state index in [1.807, 2.05) is 121 Å². The summed E-state index contributed by atoms with van der Waals surface area (Å²) in [4.78, 5) is 1.37. The smallest absolute Gasteiger partial charge is 0.143 e. The molecule has 0 radical (unpaired) electrons. The van der Waals surface area contributed by atoms with Gasteiger partial charge in [-0.15, -0.1) is 0 Å². The van der Waals surface area contributed by atoms with Crippen LogP contribution >= 0.6 is 0 Å². The summed E-state index contributed by atoms with van der Waals surface area (Å²) in [7, 11) is 0. The Morgan fingerprint density at radius 1 is 0.397 bits per heavy atom. The molecule has 0 amide bonds. The van der Waals surface area contributed by atoms with Crippen LogP contribution in [0.15, 0.2) is 229 Å². The molecule has 1 aliphatic carbocycles. The van der Waals surface area contributed by atoms with Gasteiger partial charge in [0, 0.05) is 38.6 Å². The average molecular weight is 814 g/mol. The minimum absolute atomic E-state index is 0.100. The van der Waals surface area contributed by atoms with Crippen LogP contribution in [0.5, 0.6) is 0 Å². The first-order valence-corrected chi connectivity index (χ1v) is 21.2. The van der Waals surface area contributed by atoms with Crippen molar-refractivity contribution in [1.82, 2.24) is 0 Å². The Bertz CT molecular complexity index is 3940. The van der Waals surface area contributed by atoms with E-state index in [-0.39, 0.29) is 46.7 Å². The van der Waals surface area contributed by atoms with Gasteiger partial charge in [0.15, 0.2) is 0 Å². The number of hydrogen-bond acceptors (Lipinski definition) is 2. The normalized spacial score (nSPS) is 14.5. The van der Waals surface area contributed by atoms with Crippen LogP contribution in [0.2, 0.25) is 0 Å². The Balaban J connectivity index is 1.05. The second-order valence-electron chi connectivity index (χ2n) is 16.6. The number of rotatable bonds is 7. The highest BCUT2D eigenvalue weighted by Crippen LogP contribution is 2.52. The van der Waals surface area contributed by atoms with Crippen LogP contribution in [-0.2, 0) is 5.41 Å². The molecule has 12 rings (SSSR count). The maximum Gasteiger partial charge on any atom is 0.143 e. The molecule has 11 aromatic rings. The summed E-state index contributed by atoms with van der Waals surface area (Å²) in [5.74, 6) is 0. The fourth-order valence-corrected chi connectivity index (χ4v) is 9.58. The van der Waals surface area contributed by atoms with Crippen LogP contribution in [0.1, 0.15) is 35.9 Å². The summed E-state index contributed by atoms with van der Waals surface area (Å²) < 4.78 is 83.9. The Hall–Kier alpha value is -7.94. The van der Waals surface area contributed by atoms with E-state index in [0.29, 0.717) is 16.8 Å². The van der Waals surface area contributed by atoms with Crippen molar-refractivity contribution in [3.05, 3.63) is 235 Å². The number of hydrogen-bond donors (Lipinski definition) is 0. The van der Waals surface area contributed by atoms with E-state index < -0.39 is 29.6 Å². The van der Waals surface area contributed by atoms with E-state index in [9.17, 15) is 11.0 Å². The summed E-state index contributed by atoms with van der Waals surface area (Å²) in [6, 6.07) is 53.8. The molecule has 0 aliphatic heterocycles. The number of anilines is 3. The van der Waals surface area contributed by atoms with E-state index in [4.69, 9.17) is 4.42 Å². The third-order valence-electron chi connectivity index (χ3n) is 12.6. The zero-order valence-corrected chi connectivity index (χ0v) is 34.6. The first kappa shape index (κ1) is 29.3. The topological polar surface area (TPSA) is 16.4 Å². The maximum absolute atomic E-state index is 9.82. The Morgan fingerprint density at radius 3 is 1.73 bits per heavy atom. The second kappa shape index (κ2) is 14.6. The summed E-state index contributed by atoms with van der Waals surface area (Å²) in [6.45, 7) is 4.22. The van der Waals surface area contributed by atoms with Crippen LogP contribution in [0.3, 0.4) is 0 Å². The number of benzene rings is 10. The fraction of sp³-hybridized carbons (Fsp3) is 0.0492. The first-order chi connectivity index (χ1) is 34.3. The Kier molecular flexibility index (Phi) is 6.80. The fourth-order valence-electron chi connectivity index (χ4n) is 9.58. The standard InChI is InChI=1S/C61H43NO/c1-61(2)56-20-9-8-16-53(56)54-19-10-18-51(59(54)61)46-30-37-49(38-31-46)62(47-33-26-43(27-34-47)42-24-22-41(23-25-42)40-12-4-3-5-13-40)48-35-28-45(29-36-48)50-17-11-21-57-58(50)55-39-32-44-14-6-7-15-52(44)60(55)63-57/h3-39H,1-2H3/i26D,27D,30D,31D,33D,34D,37D,38D. The Morgan fingerprint density at radius 2 is 0.968 bits per heavy atom. The van der Waals surface area contributed by atoms with Crippen LogP contribution in [0.4, 0.5) is 17.1 Å². The maximum atomic E-state index is 9.82. The van der Waals surface area contributed by atoms with Crippen molar-refractivity contribution in [3.63, 3.8) is 0 Å². The number of fused-ring (bicyclic) bond motifs is 8. The van der Waals surface area contributed by atoms with Crippen molar-refractivity contribution >= 4 is 49.8 Å². The molecular weight excluding hydrogens is 763 g/mol. The van der Waals surface area contributed by atoms with Crippen molar-refractivity contribution < 1.29 is 15.4 Å². The highest BCUT2D eigenvalue weighted by molar-refractivity contribution is 6.19. The van der Waals surface area contributed by atoms with Gasteiger partial charge >= 0.3 is 0 Å². The van der Waals surface area contributed by atoms with Gasteiger partial charge in [-0.25, -0.2) is 0 Å². The third kappa shape index (κ3) is 6.09. The van der Waals surface area contributed by atoms with Gasteiger partial charge in [0.1, 0.15) is 11.2 Å². The summed E-state index contributed by atoms with van der Waals surface area (Å²) in [5, 5.41) is 3.96. The summed E-state index contributed by atoms with van der Waals surface area (Å²) in [6.07, 6.45) is 0. The molecular formula is C61H43NO. The van der Waals surface area contributed by atoms with E-state index in [1.165, 1.54) is 4.90 Å². The number of furan rings is 1. The SMILES string of the molecule is [2H]c1c([2H])c(N(c2ccc(-c3cccc4oc5c6ccccc6ccc5c34)cc2)c2c([2H])c([2H])c(-c3cccc4c3C(C)(C)c3ccccc3-4)c([2H])c2[2H])c([2H])c([2H])c1-c1ccc(-c2ccccc2)cc1. The van der Waals surface area contributed by atoms with E-state index in [2.05, 4.69) is 44.2 Å². The molecule has 2 heteroatoms. The monoisotopic (exact) mass is 813 g/mol. The van der Waals surface area contributed by atoms with Crippen LogP contribution in [-0.4, -0.2) is 0 Å². The molecule has 0 bridgehead atoms. The predicted octanol–water partition coefficient (Wildman–Crippen LogP) is 17.2. The molecule has 10 aromatic carbocycles. The largest absolute Gasteiger partial charge is 0.455 e. The van der Waals surface area contributed by atoms with Gasteiger partial charge < -0.3 is 9.32 Å². The first-order valence-electron chi connectivity index (χ1n) is 25.2. The van der Waals surface area contributed by atoms with Gasteiger partial charge in [0.05, 0.1) is 11.0 Å². The molecule has 0 fully saturated rings. The Labute approximate surface area is 379 Å². The van der Waals surface area contributed by atoms with Gasteiger partial charge in [0.25, 0.3) is 0 Å². The number of nitrogens with zero attached hydrogens (tertiary/aromatic N) is 1. The van der Waals surface area contributed by atoms with Gasteiger partial charge in [-0.1, -0.05) is 190 Å². The average Bonchev–Trinajstić information content (AvgIpc) is 3.90. The molecule has 2 nitrogen and oxygen atoms in total. The molecule has 0 N–H and O–H groups in total. The van der Waals surface area contributed by atoms with E-state index >= 15 is 0 Å². The van der Waals surface area contributed by atoms with Gasteiger partial charge in [0.2, 0.25) is 0 Å². The molecule has 1 aromatic heterocycles. The molecule has 0 saturated heterocycles. The molecule has 298 valence electrons. The lowest BCUT2D eigenvalue weighted by Gasteiger charge is -2.27. The van der Waals surface area contributed by atoms with Crippen molar-refractivity contribution in [3.8, 4) is 55.6 Å². The van der Waals surface area contributed by atoms with E-state index in [1.54, 1.807) is 24.3 Å². The minimum atomic E-state index is -0.516. The van der Waals surface area contributed by atoms with Gasteiger partial charge in [-0.2, -0.15) is 0 Å². The van der Waals surface area contributed by atoms with Crippen LogP contribution in [0.25, 0.3) is 88.3 Å². The highest BCUT2D eigenvalue weighted by atomic mass is 16.3. The van der Waals surface area contributed by atoms with Crippen molar-refractivity contribution in [1.29, 1.82) is 0 Å². The molecule has 1 aliphatic rings. The van der Waals surface area contributed by atoms with Crippen molar-refractivity contribution in [2.24, 2.45) is 0 Å². The quantitative estimate of drug-likeness (QED) is 0.159. The van der Waals surface area contributed by atoms with Gasteiger partial charge in [-0.05, 0) is 121 Å². The highest BCUT2D eigenvalue weighted by Gasteiger charge is 2.37. The second-order valence-corrected chi connectivity index (χ2v) is 16.6. The van der Waals surface area contributed by atoms with Gasteiger partial charge in [-0.3, -0.25) is 0 Å². The molecule has 0 atom stereocenters. The molecule has 0 saturated carbocycles. The third-order valence-corrected chi connectivity index (χ3v) is 12.6.